The number of sulfonamides is 1. The van der Waals surface area contributed by atoms with Gasteiger partial charge in [-0.1, -0.05) is 0 Å². The summed E-state index contributed by atoms with van der Waals surface area (Å²) in [5.41, 5.74) is 1.77. The Morgan fingerprint density at radius 2 is 2.20 bits per heavy atom. The topological polar surface area (TPSA) is 84.5 Å². The molecule has 0 spiro atoms. The van der Waals surface area contributed by atoms with Crippen molar-refractivity contribution in [2.75, 3.05) is 18.1 Å². The number of rotatable bonds is 5. The lowest BCUT2D eigenvalue weighted by Crippen LogP contribution is -2.26. The summed E-state index contributed by atoms with van der Waals surface area (Å²) in [6, 6.07) is 5.50. The molecule has 1 unspecified atom stereocenters. The minimum atomic E-state index is -3.25. The molecule has 1 atom stereocenters. The molecule has 0 saturated carbocycles. The molecule has 2 N–H and O–H groups in total. The Morgan fingerprint density at radius 3 is 2.90 bits per heavy atom. The average molecular weight is 298 g/mol. The summed E-state index contributed by atoms with van der Waals surface area (Å²) >= 11 is 0. The number of carbonyl (C=O) groups excluding carboxylic acids is 1. The minimum Gasteiger partial charge on any atom is -0.490 e. The van der Waals surface area contributed by atoms with E-state index < -0.39 is 10.0 Å². The summed E-state index contributed by atoms with van der Waals surface area (Å²) in [6.45, 7) is 2.09. The molecule has 0 radical (unpaired) electrons. The third-order valence-electron chi connectivity index (χ3n) is 2.90. The molecule has 0 fully saturated rings. The molecule has 0 bridgehead atoms. The van der Waals surface area contributed by atoms with E-state index in [2.05, 4.69) is 10.0 Å². The van der Waals surface area contributed by atoms with Gasteiger partial charge in [0.15, 0.2) is 0 Å². The average Bonchev–Trinajstić information content (AvgIpc) is 2.66. The van der Waals surface area contributed by atoms with Crippen LogP contribution in [0, 0.1) is 0 Å². The van der Waals surface area contributed by atoms with E-state index >= 15 is 0 Å². The first-order valence-electron chi connectivity index (χ1n) is 6.37. The van der Waals surface area contributed by atoms with Gasteiger partial charge in [-0.3, -0.25) is 4.79 Å². The van der Waals surface area contributed by atoms with Gasteiger partial charge in [0.05, 0.1) is 6.26 Å². The molecular formula is C13H18N2O4S. The Kier molecular flexibility index (Phi) is 4.29. The van der Waals surface area contributed by atoms with E-state index in [1.165, 1.54) is 0 Å². The van der Waals surface area contributed by atoms with Crippen LogP contribution < -0.4 is 14.8 Å². The van der Waals surface area contributed by atoms with Crippen LogP contribution in [-0.4, -0.2) is 33.2 Å². The van der Waals surface area contributed by atoms with Crippen LogP contribution in [-0.2, 0) is 21.2 Å². The summed E-state index contributed by atoms with van der Waals surface area (Å²) < 4.78 is 29.6. The van der Waals surface area contributed by atoms with Gasteiger partial charge in [-0.2, -0.15) is 0 Å². The molecule has 20 heavy (non-hydrogen) atoms. The van der Waals surface area contributed by atoms with E-state index in [0.29, 0.717) is 5.69 Å². The van der Waals surface area contributed by atoms with E-state index in [0.717, 1.165) is 24.0 Å². The van der Waals surface area contributed by atoms with E-state index in [1.807, 2.05) is 19.1 Å². The smallest absolute Gasteiger partial charge is 0.225 e. The van der Waals surface area contributed by atoms with Crippen LogP contribution in [0.5, 0.6) is 5.75 Å². The highest BCUT2D eigenvalue weighted by Crippen LogP contribution is 2.30. The summed E-state index contributed by atoms with van der Waals surface area (Å²) in [5.74, 6) is 0.627. The molecule has 1 aliphatic rings. The summed E-state index contributed by atoms with van der Waals surface area (Å²) in [7, 11) is -3.25. The monoisotopic (exact) mass is 298 g/mol. The standard InChI is InChI=1S/C13H18N2O4S/c1-9-7-10-8-11(3-4-12(10)19-9)15-13(16)5-6-14-20(2,17)18/h3-4,8-9,14H,5-7H2,1-2H3,(H,15,16). The second-order valence-electron chi connectivity index (χ2n) is 4.92. The highest BCUT2D eigenvalue weighted by Gasteiger charge is 2.19. The van der Waals surface area contributed by atoms with Gasteiger partial charge in [0.25, 0.3) is 0 Å². The molecule has 0 aromatic heterocycles. The van der Waals surface area contributed by atoms with Crippen molar-refractivity contribution in [2.45, 2.75) is 25.9 Å². The molecule has 1 amide bonds. The molecule has 1 heterocycles. The van der Waals surface area contributed by atoms with Gasteiger partial charge in [-0.05, 0) is 30.7 Å². The maximum atomic E-state index is 11.7. The normalized spacial score (nSPS) is 17.4. The van der Waals surface area contributed by atoms with Crippen LogP contribution in [0.3, 0.4) is 0 Å². The molecule has 1 aromatic rings. The molecule has 110 valence electrons. The maximum Gasteiger partial charge on any atom is 0.225 e. The fraction of sp³-hybridized carbons (Fsp3) is 0.462. The first-order valence-corrected chi connectivity index (χ1v) is 8.27. The predicted octanol–water partition coefficient (Wildman–Crippen LogP) is 0.888. The number of hydrogen-bond donors (Lipinski definition) is 2. The zero-order chi connectivity index (χ0) is 14.8. The lowest BCUT2D eigenvalue weighted by atomic mass is 10.1. The van der Waals surface area contributed by atoms with Crippen molar-refractivity contribution in [1.82, 2.24) is 4.72 Å². The second kappa shape index (κ2) is 5.80. The Hall–Kier alpha value is -1.60. The van der Waals surface area contributed by atoms with Crippen molar-refractivity contribution >= 4 is 21.6 Å². The maximum absolute atomic E-state index is 11.7. The highest BCUT2D eigenvalue weighted by atomic mass is 32.2. The van der Waals surface area contributed by atoms with Gasteiger partial charge in [0.1, 0.15) is 11.9 Å². The van der Waals surface area contributed by atoms with Crippen LogP contribution in [0.15, 0.2) is 18.2 Å². The van der Waals surface area contributed by atoms with Gasteiger partial charge in [-0.25, -0.2) is 13.1 Å². The molecule has 2 rings (SSSR count). The van der Waals surface area contributed by atoms with Gasteiger partial charge in [0, 0.05) is 25.1 Å². The number of fused-ring (bicyclic) bond motifs is 1. The van der Waals surface area contributed by atoms with Crippen LogP contribution in [0.25, 0.3) is 0 Å². The molecule has 7 heteroatoms. The molecule has 0 aliphatic carbocycles. The Labute approximate surface area is 118 Å². The van der Waals surface area contributed by atoms with E-state index in [1.54, 1.807) is 6.07 Å². The highest BCUT2D eigenvalue weighted by molar-refractivity contribution is 7.88. The van der Waals surface area contributed by atoms with Crippen LogP contribution in [0.1, 0.15) is 18.9 Å². The van der Waals surface area contributed by atoms with Gasteiger partial charge in [-0.15, -0.1) is 0 Å². The number of carbonyl (C=O) groups is 1. The van der Waals surface area contributed by atoms with E-state index in [4.69, 9.17) is 4.74 Å². The van der Waals surface area contributed by atoms with Crippen molar-refractivity contribution < 1.29 is 17.9 Å². The van der Waals surface area contributed by atoms with Crippen molar-refractivity contribution in [1.29, 1.82) is 0 Å². The third-order valence-corrected chi connectivity index (χ3v) is 3.62. The van der Waals surface area contributed by atoms with Crippen molar-refractivity contribution in [3.8, 4) is 5.75 Å². The molecule has 1 aliphatic heterocycles. The number of nitrogens with one attached hydrogen (secondary N) is 2. The zero-order valence-electron chi connectivity index (χ0n) is 11.5. The second-order valence-corrected chi connectivity index (χ2v) is 6.75. The lowest BCUT2D eigenvalue weighted by molar-refractivity contribution is -0.116. The summed E-state index contributed by atoms with van der Waals surface area (Å²) in [4.78, 5) is 11.7. The Bertz CT molecular complexity index is 613. The van der Waals surface area contributed by atoms with Crippen LogP contribution in [0.2, 0.25) is 0 Å². The summed E-state index contributed by atoms with van der Waals surface area (Å²) in [5, 5.41) is 2.74. The first-order chi connectivity index (χ1) is 9.33. The predicted molar refractivity (Wildman–Crippen MR) is 76.3 cm³/mol. The fourth-order valence-electron chi connectivity index (χ4n) is 2.07. The lowest BCUT2D eigenvalue weighted by Gasteiger charge is -2.07. The molecule has 1 aromatic carbocycles. The summed E-state index contributed by atoms with van der Waals surface area (Å²) in [6.07, 6.45) is 2.15. The van der Waals surface area contributed by atoms with Crippen molar-refractivity contribution in [2.24, 2.45) is 0 Å². The van der Waals surface area contributed by atoms with E-state index in [-0.39, 0.29) is 25.0 Å². The molecular weight excluding hydrogens is 280 g/mol. The van der Waals surface area contributed by atoms with Crippen molar-refractivity contribution in [3.05, 3.63) is 23.8 Å². The molecule has 0 saturated heterocycles. The van der Waals surface area contributed by atoms with Crippen LogP contribution >= 0.6 is 0 Å². The van der Waals surface area contributed by atoms with Crippen LogP contribution in [0.4, 0.5) is 5.69 Å². The number of benzene rings is 1. The van der Waals surface area contributed by atoms with E-state index in [9.17, 15) is 13.2 Å². The number of ether oxygens (including phenoxy) is 1. The van der Waals surface area contributed by atoms with Crippen molar-refractivity contribution in [3.63, 3.8) is 0 Å². The number of hydrogen-bond acceptors (Lipinski definition) is 4. The van der Waals surface area contributed by atoms with Gasteiger partial charge < -0.3 is 10.1 Å². The third kappa shape index (κ3) is 4.21. The molecule has 6 nitrogen and oxygen atoms in total. The van der Waals surface area contributed by atoms with Gasteiger partial charge >= 0.3 is 0 Å². The fourth-order valence-corrected chi connectivity index (χ4v) is 2.55. The zero-order valence-corrected chi connectivity index (χ0v) is 12.3. The SMILES string of the molecule is CC1Cc2cc(NC(=O)CCNS(C)(=O)=O)ccc2O1. The minimum absolute atomic E-state index is 0.0930. The Balaban J connectivity index is 1.88. The first kappa shape index (κ1) is 14.8. The van der Waals surface area contributed by atoms with Gasteiger partial charge in [0.2, 0.25) is 15.9 Å². The quantitative estimate of drug-likeness (QED) is 0.845. The number of amides is 1. The number of anilines is 1. The largest absolute Gasteiger partial charge is 0.490 e. The Morgan fingerprint density at radius 1 is 1.45 bits per heavy atom.